The third kappa shape index (κ3) is 3.67. The molecule has 1 fully saturated rings. The van der Waals surface area contributed by atoms with Crippen molar-refractivity contribution in [1.29, 1.82) is 0 Å². The summed E-state index contributed by atoms with van der Waals surface area (Å²) in [6, 6.07) is 5.93. The van der Waals surface area contributed by atoms with Crippen LogP contribution in [0.25, 0.3) is 0 Å². The first-order valence-electron chi connectivity index (χ1n) is 9.35. The van der Waals surface area contributed by atoms with Crippen molar-refractivity contribution in [3.63, 3.8) is 0 Å². The van der Waals surface area contributed by atoms with E-state index < -0.39 is 10.0 Å². The molecule has 0 saturated carbocycles. The second-order valence-corrected chi connectivity index (χ2v) is 8.83. The summed E-state index contributed by atoms with van der Waals surface area (Å²) in [6.07, 6.45) is 7.86. The smallest absolute Gasteiger partial charge is 0.241 e. The molecule has 0 bridgehead atoms. The first kappa shape index (κ1) is 17.6. The van der Waals surface area contributed by atoms with Crippen molar-refractivity contribution >= 4 is 10.0 Å². The molecule has 0 spiro atoms. The van der Waals surface area contributed by atoms with Gasteiger partial charge in [0.2, 0.25) is 10.0 Å². The van der Waals surface area contributed by atoms with Gasteiger partial charge in [-0.1, -0.05) is 17.3 Å². The highest BCUT2D eigenvalue weighted by atomic mass is 32.2. The standard InChI is InChI=1S/C18H25N5O2S/c24-26(25,18-7-3-5-14-4-1-2-6-17(14)18)20-12-15-13-23(22-21-15)16-8-10-19-11-9-16/h3,5,7,13,16,19-20H,1-2,4,6,8-12H2. The average molecular weight is 375 g/mol. The molecule has 4 rings (SSSR count). The molecule has 8 heteroatoms. The number of piperidine rings is 1. The van der Waals surface area contributed by atoms with Crippen molar-refractivity contribution in [3.05, 3.63) is 41.2 Å². The fraction of sp³-hybridized carbons (Fsp3) is 0.556. The number of fused-ring (bicyclic) bond motifs is 1. The van der Waals surface area contributed by atoms with Gasteiger partial charge in [0, 0.05) is 0 Å². The number of aromatic nitrogens is 3. The Morgan fingerprint density at radius 1 is 1.19 bits per heavy atom. The fourth-order valence-electron chi connectivity index (χ4n) is 3.89. The van der Waals surface area contributed by atoms with Gasteiger partial charge in [0.25, 0.3) is 0 Å². The average Bonchev–Trinajstić information content (AvgIpc) is 3.16. The van der Waals surface area contributed by atoms with Crippen molar-refractivity contribution in [2.45, 2.75) is 56.0 Å². The van der Waals surface area contributed by atoms with E-state index >= 15 is 0 Å². The number of benzene rings is 1. The molecule has 7 nitrogen and oxygen atoms in total. The number of aryl methyl sites for hydroxylation is 1. The first-order chi connectivity index (χ1) is 12.6. The van der Waals surface area contributed by atoms with Crippen molar-refractivity contribution in [2.24, 2.45) is 0 Å². The number of sulfonamides is 1. The molecule has 1 saturated heterocycles. The normalized spacial score (nSPS) is 18.6. The Morgan fingerprint density at radius 2 is 2.00 bits per heavy atom. The molecule has 1 aromatic carbocycles. The van der Waals surface area contributed by atoms with Crippen LogP contribution >= 0.6 is 0 Å². The van der Waals surface area contributed by atoms with Crippen LogP contribution in [-0.4, -0.2) is 36.5 Å². The number of nitrogens with one attached hydrogen (secondary N) is 2. The van der Waals surface area contributed by atoms with E-state index in [4.69, 9.17) is 0 Å². The fourth-order valence-corrected chi connectivity index (χ4v) is 5.20. The van der Waals surface area contributed by atoms with Crippen LogP contribution < -0.4 is 10.0 Å². The Morgan fingerprint density at radius 3 is 2.85 bits per heavy atom. The number of hydrogen-bond acceptors (Lipinski definition) is 5. The molecular formula is C18H25N5O2S. The Labute approximate surface area is 154 Å². The van der Waals surface area contributed by atoms with Gasteiger partial charge in [-0.15, -0.1) is 5.10 Å². The monoisotopic (exact) mass is 375 g/mol. The second kappa shape index (κ2) is 7.46. The Bertz CT molecular complexity index is 871. The molecular weight excluding hydrogens is 350 g/mol. The van der Waals surface area contributed by atoms with Gasteiger partial charge in [-0.2, -0.15) is 0 Å². The number of rotatable bonds is 5. The highest BCUT2D eigenvalue weighted by Crippen LogP contribution is 2.27. The largest absolute Gasteiger partial charge is 0.317 e. The van der Waals surface area contributed by atoms with Gasteiger partial charge in [0.15, 0.2) is 0 Å². The molecule has 0 radical (unpaired) electrons. The molecule has 140 valence electrons. The molecule has 1 aromatic heterocycles. The van der Waals surface area contributed by atoms with Crippen molar-refractivity contribution in [3.8, 4) is 0 Å². The van der Waals surface area contributed by atoms with Gasteiger partial charge < -0.3 is 5.32 Å². The van der Waals surface area contributed by atoms with E-state index in [1.165, 1.54) is 0 Å². The minimum atomic E-state index is -3.55. The van der Waals surface area contributed by atoms with Crippen LogP contribution in [0.1, 0.15) is 48.5 Å². The third-order valence-electron chi connectivity index (χ3n) is 5.33. The first-order valence-corrected chi connectivity index (χ1v) is 10.8. The summed E-state index contributed by atoms with van der Waals surface area (Å²) < 4.78 is 30.2. The molecule has 26 heavy (non-hydrogen) atoms. The zero-order chi connectivity index (χ0) is 18.0. The lowest BCUT2D eigenvalue weighted by Crippen LogP contribution is -2.29. The van der Waals surface area contributed by atoms with E-state index in [1.54, 1.807) is 6.07 Å². The van der Waals surface area contributed by atoms with Gasteiger partial charge in [-0.3, -0.25) is 0 Å². The maximum atomic E-state index is 12.8. The van der Waals surface area contributed by atoms with E-state index in [0.29, 0.717) is 16.6 Å². The number of hydrogen-bond donors (Lipinski definition) is 2. The lowest BCUT2D eigenvalue weighted by atomic mass is 9.92. The summed E-state index contributed by atoms with van der Waals surface area (Å²) in [5, 5.41) is 11.7. The summed E-state index contributed by atoms with van der Waals surface area (Å²) in [7, 11) is -3.55. The Hall–Kier alpha value is -1.77. The van der Waals surface area contributed by atoms with E-state index in [1.807, 2.05) is 23.0 Å². The Kier molecular flexibility index (Phi) is 5.06. The van der Waals surface area contributed by atoms with Crippen LogP contribution in [-0.2, 0) is 29.4 Å². The molecule has 0 unspecified atom stereocenters. The van der Waals surface area contributed by atoms with Crippen molar-refractivity contribution in [2.75, 3.05) is 13.1 Å². The van der Waals surface area contributed by atoms with Crippen LogP contribution in [0.5, 0.6) is 0 Å². The lowest BCUT2D eigenvalue weighted by Gasteiger charge is -2.22. The molecule has 0 amide bonds. The third-order valence-corrected chi connectivity index (χ3v) is 6.81. The van der Waals surface area contributed by atoms with Crippen LogP contribution in [0.15, 0.2) is 29.3 Å². The van der Waals surface area contributed by atoms with Gasteiger partial charge >= 0.3 is 0 Å². The van der Waals surface area contributed by atoms with Crippen molar-refractivity contribution < 1.29 is 8.42 Å². The van der Waals surface area contributed by atoms with Crippen molar-refractivity contribution in [1.82, 2.24) is 25.0 Å². The molecule has 0 atom stereocenters. The van der Waals surface area contributed by atoms with Crippen LogP contribution in [0, 0.1) is 0 Å². The summed E-state index contributed by atoms with van der Waals surface area (Å²) in [6.45, 7) is 2.12. The summed E-state index contributed by atoms with van der Waals surface area (Å²) in [5.74, 6) is 0. The molecule has 2 aliphatic rings. The molecule has 2 aromatic rings. The minimum Gasteiger partial charge on any atom is -0.317 e. The molecule has 1 aliphatic carbocycles. The van der Waals surface area contributed by atoms with Gasteiger partial charge in [-0.25, -0.2) is 17.8 Å². The highest BCUT2D eigenvalue weighted by Gasteiger charge is 2.23. The topological polar surface area (TPSA) is 88.9 Å². The van der Waals surface area contributed by atoms with E-state index in [-0.39, 0.29) is 6.54 Å². The van der Waals surface area contributed by atoms with Gasteiger partial charge in [-0.05, 0) is 68.8 Å². The quantitative estimate of drug-likeness (QED) is 0.828. The SMILES string of the molecule is O=S(=O)(NCc1cn(C2CCNCC2)nn1)c1cccc2c1CCCC2. The van der Waals surface area contributed by atoms with Crippen LogP contribution in [0.3, 0.4) is 0 Å². The predicted molar refractivity (Wildman–Crippen MR) is 98.3 cm³/mol. The zero-order valence-electron chi connectivity index (χ0n) is 14.8. The van der Waals surface area contributed by atoms with Crippen LogP contribution in [0.2, 0.25) is 0 Å². The predicted octanol–water partition coefficient (Wildman–Crippen LogP) is 1.56. The summed E-state index contributed by atoms with van der Waals surface area (Å²) in [5.41, 5.74) is 2.79. The van der Waals surface area contributed by atoms with E-state index in [9.17, 15) is 8.42 Å². The van der Waals surface area contributed by atoms with E-state index in [2.05, 4.69) is 20.4 Å². The zero-order valence-corrected chi connectivity index (χ0v) is 15.6. The van der Waals surface area contributed by atoms with E-state index in [0.717, 1.165) is 62.7 Å². The lowest BCUT2D eigenvalue weighted by molar-refractivity contribution is 0.337. The second-order valence-electron chi connectivity index (χ2n) is 7.10. The number of nitrogens with zero attached hydrogens (tertiary/aromatic N) is 3. The van der Waals surface area contributed by atoms with Crippen LogP contribution in [0.4, 0.5) is 0 Å². The highest BCUT2D eigenvalue weighted by molar-refractivity contribution is 7.89. The molecule has 1 aliphatic heterocycles. The maximum Gasteiger partial charge on any atom is 0.241 e. The minimum absolute atomic E-state index is 0.164. The molecule has 2 N–H and O–H groups in total. The summed E-state index contributed by atoms with van der Waals surface area (Å²) >= 11 is 0. The summed E-state index contributed by atoms with van der Waals surface area (Å²) in [4.78, 5) is 0.417. The Balaban J connectivity index is 1.47. The maximum absolute atomic E-state index is 12.8. The van der Waals surface area contributed by atoms with Gasteiger partial charge in [0.05, 0.1) is 29.4 Å². The molecule has 2 heterocycles. The van der Waals surface area contributed by atoms with Gasteiger partial charge in [0.1, 0.15) is 0 Å².